The molecule has 1 aromatic carbocycles. The van der Waals surface area contributed by atoms with Crippen LogP contribution in [0.5, 0.6) is 0 Å². The van der Waals surface area contributed by atoms with Crippen LogP contribution in [0.1, 0.15) is 17.1 Å². The number of hydrazone groups is 1. The van der Waals surface area contributed by atoms with Crippen molar-refractivity contribution < 1.29 is 14.1 Å². The van der Waals surface area contributed by atoms with Gasteiger partial charge in [-0.05, 0) is 38.1 Å². The van der Waals surface area contributed by atoms with Crippen LogP contribution in [-0.2, 0) is 4.79 Å². The van der Waals surface area contributed by atoms with Gasteiger partial charge in [0.2, 0.25) is 0 Å². The predicted octanol–water partition coefficient (Wildman–Crippen LogP) is 4.16. The highest BCUT2D eigenvalue weighted by Gasteiger charge is 2.14. The lowest BCUT2D eigenvalue weighted by Crippen LogP contribution is -2.19. The van der Waals surface area contributed by atoms with E-state index < -0.39 is 4.92 Å². The second kappa shape index (κ2) is 9.51. The molecule has 0 aliphatic rings. The standard InChI is InChI=1S/C19H16ClN5O4S/c1-11-7-12(2)23-19(22-11)30-10-18(26)24-21-9-14-4-6-17(29-14)15-8-13(25(27)28)3-5-16(15)20/h3-9H,10H2,1-2H3,(H,24,26)/b21-9-. The molecule has 3 aromatic rings. The van der Waals surface area contributed by atoms with Crippen molar-refractivity contribution in [1.82, 2.24) is 15.4 Å². The molecular weight excluding hydrogens is 430 g/mol. The molecule has 0 atom stereocenters. The molecule has 0 radical (unpaired) electrons. The smallest absolute Gasteiger partial charge is 0.270 e. The molecule has 30 heavy (non-hydrogen) atoms. The molecule has 1 amide bonds. The number of carbonyl (C=O) groups excluding carboxylic acids is 1. The minimum atomic E-state index is -0.512. The van der Waals surface area contributed by atoms with Gasteiger partial charge in [-0.3, -0.25) is 14.9 Å². The van der Waals surface area contributed by atoms with E-state index in [-0.39, 0.29) is 17.3 Å². The molecule has 0 aliphatic carbocycles. The first kappa shape index (κ1) is 21.5. The highest BCUT2D eigenvalue weighted by molar-refractivity contribution is 7.99. The number of nitrogens with one attached hydrogen (secondary N) is 1. The zero-order valence-corrected chi connectivity index (χ0v) is 17.5. The fourth-order valence-electron chi connectivity index (χ4n) is 2.47. The number of halogens is 1. The van der Waals surface area contributed by atoms with Crippen LogP contribution in [0.4, 0.5) is 5.69 Å². The van der Waals surface area contributed by atoms with E-state index >= 15 is 0 Å². The van der Waals surface area contributed by atoms with Crippen molar-refractivity contribution in [1.29, 1.82) is 0 Å². The first-order valence-corrected chi connectivity index (χ1v) is 9.99. The molecule has 3 rings (SSSR count). The number of aryl methyl sites for hydroxylation is 2. The van der Waals surface area contributed by atoms with Crippen molar-refractivity contribution in [2.75, 3.05) is 5.75 Å². The number of thioether (sulfide) groups is 1. The minimum Gasteiger partial charge on any atom is -0.455 e. The maximum Gasteiger partial charge on any atom is 0.270 e. The van der Waals surface area contributed by atoms with E-state index in [1.807, 2.05) is 19.9 Å². The van der Waals surface area contributed by atoms with Crippen LogP contribution in [0.2, 0.25) is 5.02 Å². The van der Waals surface area contributed by atoms with Gasteiger partial charge >= 0.3 is 0 Å². The van der Waals surface area contributed by atoms with E-state index in [0.29, 0.717) is 27.3 Å². The number of aromatic nitrogens is 2. The highest BCUT2D eigenvalue weighted by Crippen LogP contribution is 2.32. The Labute approximate surface area is 180 Å². The largest absolute Gasteiger partial charge is 0.455 e. The van der Waals surface area contributed by atoms with Gasteiger partial charge in [0.25, 0.3) is 11.6 Å². The fraction of sp³-hybridized carbons (Fsp3) is 0.158. The Balaban J connectivity index is 1.59. The topological polar surface area (TPSA) is 124 Å². The third-order valence-electron chi connectivity index (χ3n) is 3.73. The number of hydrogen-bond acceptors (Lipinski definition) is 8. The molecule has 9 nitrogen and oxygen atoms in total. The Kier molecular flexibility index (Phi) is 6.80. The quantitative estimate of drug-likeness (QED) is 0.190. The van der Waals surface area contributed by atoms with Crippen molar-refractivity contribution in [2.45, 2.75) is 19.0 Å². The Hall–Kier alpha value is -3.24. The van der Waals surface area contributed by atoms with E-state index in [4.69, 9.17) is 16.0 Å². The van der Waals surface area contributed by atoms with Crippen molar-refractivity contribution in [3.63, 3.8) is 0 Å². The van der Waals surface area contributed by atoms with Crippen LogP contribution in [0, 0.1) is 24.0 Å². The first-order chi connectivity index (χ1) is 14.3. The van der Waals surface area contributed by atoms with Gasteiger partial charge in [0, 0.05) is 29.1 Å². The van der Waals surface area contributed by atoms with Crippen molar-refractivity contribution in [3.05, 3.63) is 68.7 Å². The van der Waals surface area contributed by atoms with E-state index in [0.717, 1.165) is 11.4 Å². The summed E-state index contributed by atoms with van der Waals surface area (Å²) in [7, 11) is 0. The van der Waals surface area contributed by atoms with Crippen LogP contribution >= 0.6 is 23.4 Å². The van der Waals surface area contributed by atoms with Crippen LogP contribution in [0.25, 0.3) is 11.3 Å². The summed E-state index contributed by atoms with van der Waals surface area (Å²) in [4.78, 5) is 30.9. The molecule has 0 fully saturated rings. The summed E-state index contributed by atoms with van der Waals surface area (Å²) in [6.45, 7) is 3.73. The Morgan fingerprint density at radius 1 is 1.27 bits per heavy atom. The predicted molar refractivity (Wildman–Crippen MR) is 114 cm³/mol. The zero-order valence-electron chi connectivity index (χ0n) is 16.0. The van der Waals surface area contributed by atoms with Crippen molar-refractivity contribution in [3.8, 4) is 11.3 Å². The SMILES string of the molecule is Cc1cc(C)nc(SCC(=O)N/N=C\c2ccc(-c3cc([N+](=O)[O-])ccc3Cl)o2)n1. The number of nitrogens with zero attached hydrogens (tertiary/aromatic N) is 4. The molecule has 1 N–H and O–H groups in total. The van der Waals surface area contributed by atoms with Gasteiger partial charge < -0.3 is 4.42 Å². The van der Waals surface area contributed by atoms with Crippen molar-refractivity contribution in [2.24, 2.45) is 5.10 Å². The number of benzene rings is 1. The summed E-state index contributed by atoms with van der Waals surface area (Å²) in [5, 5.41) is 15.6. The van der Waals surface area contributed by atoms with Crippen molar-refractivity contribution >= 4 is 41.2 Å². The van der Waals surface area contributed by atoms with Gasteiger partial charge in [-0.2, -0.15) is 5.10 Å². The number of nitro benzene ring substituents is 1. The number of hydrogen-bond donors (Lipinski definition) is 1. The number of nitro groups is 1. The van der Waals surface area contributed by atoms with Gasteiger partial charge in [-0.15, -0.1) is 0 Å². The summed E-state index contributed by atoms with van der Waals surface area (Å²) < 4.78 is 5.59. The third kappa shape index (κ3) is 5.65. The van der Waals surface area contributed by atoms with E-state index in [1.54, 1.807) is 12.1 Å². The molecule has 2 heterocycles. The minimum absolute atomic E-state index is 0.0986. The molecule has 11 heteroatoms. The maximum absolute atomic E-state index is 11.9. The Morgan fingerprint density at radius 3 is 2.70 bits per heavy atom. The molecule has 0 spiro atoms. The van der Waals surface area contributed by atoms with Crippen LogP contribution in [-0.4, -0.2) is 32.8 Å². The number of non-ortho nitro benzene ring substituents is 1. The number of amides is 1. The monoisotopic (exact) mass is 445 g/mol. The van der Waals surface area contributed by atoms with Crippen LogP contribution in [0.3, 0.4) is 0 Å². The summed E-state index contributed by atoms with van der Waals surface area (Å²) in [5.41, 5.74) is 4.35. The van der Waals surface area contributed by atoms with Crippen LogP contribution in [0.15, 0.2) is 51.1 Å². The summed E-state index contributed by atoms with van der Waals surface area (Å²) in [6.07, 6.45) is 1.32. The lowest BCUT2D eigenvalue weighted by molar-refractivity contribution is -0.384. The molecule has 0 aliphatic heterocycles. The first-order valence-electron chi connectivity index (χ1n) is 8.63. The number of rotatable bonds is 7. The fourth-order valence-corrected chi connectivity index (χ4v) is 3.42. The third-order valence-corrected chi connectivity index (χ3v) is 4.91. The van der Waals surface area contributed by atoms with Gasteiger partial charge in [0.05, 0.1) is 21.9 Å². The van der Waals surface area contributed by atoms with Gasteiger partial charge in [-0.1, -0.05) is 23.4 Å². The lowest BCUT2D eigenvalue weighted by atomic mass is 10.1. The maximum atomic E-state index is 11.9. The number of furan rings is 1. The molecule has 0 unspecified atom stereocenters. The van der Waals surface area contributed by atoms with Crippen LogP contribution < -0.4 is 5.43 Å². The van der Waals surface area contributed by atoms with Gasteiger partial charge in [0.1, 0.15) is 11.5 Å². The van der Waals surface area contributed by atoms with E-state index in [2.05, 4.69) is 20.5 Å². The van der Waals surface area contributed by atoms with E-state index in [9.17, 15) is 14.9 Å². The normalized spacial score (nSPS) is 11.0. The summed E-state index contributed by atoms with van der Waals surface area (Å²) in [5.74, 6) is 0.470. The average molecular weight is 446 g/mol. The second-order valence-corrected chi connectivity index (χ2v) is 7.49. The molecule has 0 saturated carbocycles. The Bertz CT molecular complexity index is 1110. The Morgan fingerprint density at radius 2 is 2.00 bits per heavy atom. The second-order valence-electron chi connectivity index (χ2n) is 6.14. The van der Waals surface area contributed by atoms with Gasteiger partial charge in [0.15, 0.2) is 5.16 Å². The number of carbonyl (C=O) groups is 1. The zero-order chi connectivity index (χ0) is 21.7. The average Bonchev–Trinajstić information content (AvgIpc) is 3.14. The summed E-state index contributed by atoms with van der Waals surface area (Å²) in [6, 6.07) is 9.15. The lowest BCUT2D eigenvalue weighted by Gasteiger charge is -2.02. The molecule has 154 valence electrons. The highest BCUT2D eigenvalue weighted by atomic mass is 35.5. The molecular formula is C19H16ClN5O4S. The summed E-state index contributed by atoms with van der Waals surface area (Å²) >= 11 is 7.32. The molecule has 2 aromatic heterocycles. The van der Waals surface area contributed by atoms with E-state index in [1.165, 1.54) is 36.2 Å². The molecule has 0 saturated heterocycles. The molecule has 0 bridgehead atoms. The van der Waals surface area contributed by atoms with Gasteiger partial charge in [-0.25, -0.2) is 15.4 Å².